The Balaban J connectivity index is 1.53. The van der Waals surface area contributed by atoms with E-state index in [0.29, 0.717) is 30.7 Å². The fraction of sp³-hybridized carbons (Fsp3) is 0.316. The third-order valence-corrected chi connectivity index (χ3v) is 7.47. The van der Waals surface area contributed by atoms with E-state index in [2.05, 4.69) is 26.2 Å². The minimum atomic E-state index is -3.84. The molecular weight excluding hydrogens is 476 g/mol. The maximum absolute atomic E-state index is 13.1. The van der Waals surface area contributed by atoms with Gasteiger partial charge in [0.05, 0.1) is 16.3 Å². The molecule has 0 saturated carbocycles. The van der Waals surface area contributed by atoms with Crippen molar-refractivity contribution >= 4 is 48.8 Å². The summed E-state index contributed by atoms with van der Waals surface area (Å²) < 4.78 is 34.8. The van der Waals surface area contributed by atoms with Crippen molar-refractivity contribution in [3.63, 3.8) is 0 Å². The lowest BCUT2D eigenvalue weighted by molar-refractivity contribution is -0.120. The predicted octanol–water partition coefficient (Wildman–Crippen LogP) is 2.33. The lowest BCUT2D eigenvalue weighted by Gasteiger charge is -2.31. The molecule has 3 heterocycles. The summed E-state index contributed by atoms with van der Waals surface area (Å²) in [4.78, 5) is 28.5. The molecule has 1 saturated heterocycles. The Kier molecular flexibility index (Phi) is 5.51. The number of hydrogen-bond donors (Lipinski definition) is 1. The van der Waals surface area contributed by atoms with E-state index in [1.54, 1.807) is 31.4 Å². The van der Waals surface area contributed by atoms with Gasteiger partial charge in [-0.3, -0.25) is 9.36 Å². The Hall–Kier alpha value is -2.50. The number of nitrogens with zero attached hydrogens (tertiary/aromatic N) is 3. The molecule has 4 rings (SSSR count). The number of nitrogens with one attached hydrogen (secondary N) is 1. The van der Waals surface area contributed by atoms with Crippen LogP contribution in [-0.2, 0) is 21.9 Å². The van der Waals surface area contributed by atoms with Crippen LogP contribution in [0.3, 0.4) is 0 Å². The van der Waals surface area contributed by atoms with Crippen LogP contribution in [0.1, 0.15) is 12.8 Å². The highest BCUT2D eigenvalue weighted by atomic mass is 79.9. The SMILES string of the molecule is Cn1c(=O)oc2cc(S(=O)(=O)N3CCCC(C(=O)Nc4ccc(Br)cn4)C3)ccc21. The largest absolute Gasteiger partial charge is 0.419 e. The molecule has 0 radical (unpaired) electrons. The fourth-order valence-electron chi connectivity index (χ4n) is 3.48. The molecule has 0 spiro atoms. The Morgan fingerprint density at radius 1 is 1.30 bits per heavy atom. The van der Waals surface area contributed by atoms with Gasteiger partial charge in [0.25, 0.3) is 0 Å². The average molecular weight is 495 g/mol. The molecule has 30 heavy (non-hydrogen) atoms. The number of carbonyl (C=O) groups excluding carboxylic acids is 1. The Morgan fingerprint density at radius 3 is 2.83 bits per heavy atom. The van der Waals surface area contributed by atoms with Crippen LogP contribution in [-0.4, -0.2) is 41.3 Å². The molecule has 11 heteroatoms. The number of oxazole rings is 1. The molecule has 158 valence electrons. The number of fused-ring (bicyclic) bond motifs is 1. The number of rotatable bonds is 4. The molecular formula is C19H19BrN4O5S. The number of aryl methyl sites for hydroxylation is 1. The molecule has 9 nitrogen and oxygen atoms in total. The fourth-order valence-corrected chi connectivity index (χ4v) is 5.25. The molecule has 1 amide bonds. The van der Waals surface area contributed by atoms with Gasteiger partial charge in [0.15, 0.2) is 5.58 Å². The molecule has 1 N–H and O–H groups in total. The van der Waals surface area contributed by atoms with Crippen molar-refractivity contribution < 1.29 is 17.6 Å². The lowest BCUT2D eigenvalue weighted by atomic mass is 9.99. The number of hydrogen-bond acceptors (Lipinski definition) is 6. The second-order valence-corrected chi connectivity index (χ2v) is 9.96. The summed E-state index contributed by atoms with van der Waals surface area (Å²) in [6, 6.07) is 7.77. The zero-order valence-corrected chi connectivity index (χ0v) is 18.4. The van der Waals surface area contributed by atoms with Crippen LogP contribution in [0.2, 0.25) is 0 Å². The van der Waals surface area contributed by atoms with Gasteiger partial charge < -0.3 is 9.73 Å². The quantitative estimate of drug-likeness (QED) is 0.595. The maximum Gasteiger partial charge on any atom is 0.419 e. The summed E-state index contributed by atoms with van der Waals surface area (Å²) in [6.45, 7) is 0.390. The van der Waals surface area contributed by atoms with Gasteiger partial charge in [-0.05, 0) is 53.0 Å². The number of halogens is 1. The van der Waals surface area contributed by atoms with Crippen molar-refractivity contribution in [3.05, 3.63) is 51.6 Å². The van der Waals surface area contributed by atoms with Gasteiger partial charge in [-0.2, -0.15) is 4.31 Å². The molecule has 1 atom stereocenters. The highest BCUT2D eigenvalue weighted by Gasteiger charge is 2.33. The van der Waals surface area contributed by atoms with E-state index in [-0.39, 0.29) is 22.9 Å². The third kappa shape index (κ3) is 3.92. The molecule has 2 aromatic heterocycles. The van der Waals surface area contributed by atoms with Gasteiger partial charge in [0.1, 0.15) is 5.82 Å². The Bertz CT molecular complexity index is 1270. The normalized spacial score (nSPS) is 17.9. The van der Waals surface area contributed by atoms with Crippen LogP contribution in [0, 0.1) is 5.92 Å². The molecule has 1 aliphatic heterocycles. The van der Waals surface area contributed by atoms with Crippen molar-refractivity contribution in [2.45, 2.75) is 17.7 Å². The van der Waals surface area contributed by atoms with Crippen LogP contribution >= 0.6 is 15.9 Å². The summed E-state index contributed by atoms with van der Waals surface area (Å²) in [5.74, 6) is -0.907. The minimum Gasteiger partial charge on any atom is -0.408 e. The van der Waals surface area contributed by atoms with Crippen LogP contribution in [0.4, 0.5) is 5.82 Å². The average Bonchev–Trinajstić information content (AvgIpc) is 3.03. The van der Waals surface area contributed by atoms with Gasteiger partial charge in [-0.15, -0.1) is 0 Å². The van der Waals surface area contributed by atoms with E-state index in [4.69, 9.17) is 4.42 Å². The van der Waals surface area contributed by atoms with Crippen LogP contribution in [0.25, 0.3) is 11.1 Å². The first-order valence-corrected chi connectivity index (χ1v) is 11.5. The number of aromatic nitrogens is 2. The summed E-state index contributed by atoms with van der Waals surface area (Å²) in [5.41, 5.74) is 0.716. The number of carbonyl (C=O) groups is 1. The van der Waals surface area contributed by atoms with Gasteiger partial charge in [-0.1, -0.05) is 0 Å². The maximum atomic E-state index is 13.1. The van der Waals surface area contributed by atoms with E-state index in [9.17, 15) is 18.0 Å². The molecule has 1 fully saturated rings. The van der Waals surface area contributed by atoms with E-state index in [0.717, 1.165) is 4.47 Å². The first-order valence-electron chi connectivity index (χ1n) is 9.28. The first kappa shape index (κ1) is 20.8. The molecule has 0 aliphatic carbocycles. The number of pyridine rings is 1. The van der Waals surface area contributed by atoms with Crippen molar-refractivity contribution in [1.29, 1.82) is 0 Å². The smallest absolute Gasteiger partial charge is 0.408 e. The topological polar surface area (TPSA) is 115 Å². The van der Waals surface area contributed by atoms with E-state index < -0.39 is 21.7 Å². The van der Waals surface area contributed by atoms with Gasteiger partial charge in [-0.25, -0.2) is 18.2 Å². The standard InChI is InChI=1S/C19H19BrN4O5S/c1-23-15-6-5-14(9-16(15)29-19(23)26)30(27,28)24-8-2-3-12(11-24)18(25)22-17-7-4-13(20)10-21-17/h4-7,9-10,12H,2-3,8,11H2,1H3,(H,21,22,25). The van der Waals surface area contributed by atoms with Crippen molar-refractivity contribution in [2.24, 2.45) is 13.0 Å². The highest BCUT2D eigenvalue weighted by molar-refractivity contribution is 9.10. The number of benzene rings is 1. The highest BCUT2D eigenvalue weighted by Crippen LogP contribution is 2.26. The summed E-state index contributed by atoms with van der Waals surface area (Å²) in [7, 11) is -2.29. The summed E-state index contributed by atoms with van der Waals surface area (Å²) >= 11 is 3.29. The Morgan fingerprint density at radius 2 is 2.10 bits per heavy atom. The van der Waals surface area contributed by atoms with Gasteiger partial charge >= 0.3 is 5.76 Å². The number of anilines is 1. The van der Waals surface area contributed by atoms with E-state index >= 15 is 0 Å². The van der Waals surface area contributed by atoms with Crippen LogP contribution < -0.4 is 11.1 Å². The molecule has 3 aromatic rings. The van der Waals surface area contributed by atoms with Gasteiger partial charge in [0, 0.05) is 36.9 Å². The van der Waals surface area contributed by atoms with Crippen molar-refractivity contribution in [1.82, 2.24) is 13.9 Å². The second kappa shape index (κ2) is 7.97. The molecule has 0 bridgehead atoms. The summed E-state index contributed by atoms with van der Waals surface area (Å²) in [6.07, 6.45) is 2.72. The monoisotopic (exact) mass is 494 g/mol. The van der Waals surface area contributed by atoms with Crippen molar-refractivity contribution in [3.8, 4) is 0 Å². The zero-order valence-electron chi connectivity index (χ0n) is 16.0. The first-order chi connectivity index (χ1) is 14.3. The van der Waals surface area contributed by atoms with E-state index in [1.807, 2.05) is 0 Å². The molecule has 1 unspecified atom stereocenters. The number of amides is 1. The van der Waals surface area contributed by atoms with Crippen LogP contribution in [0.5, 0.6) is 0 Å². The second-order valence-electron chi connectivity index (χ2n) is 7.11. The molecule has 1 aromatic carbocycles. The number of piperidine rings is 1. The third-order valence-electron chi connectivity index (χ3n) is 5.14. The van der Waals surface area contributed by atoms with Gasteiger partial charge in [0.2, 0.25) is 15.9 Å². The van der Waals surface area contributed by atoms with E-state index in [1.165, 1.54) is 21.0 Å². The van der Waals surface area contributed by atoms with Crippen molar-refractivity contribution in [2.75, 3.05) is 18.4 Å². The Labute approximate surface area is 180 Å². The predicted molar refractivity (Wildman–Crippen MR) is 114 cm³/mol. The summed E-state index contributed by atoms with van der Waals surface area (Å²) in [5, 5.41) is 2.74. The lowest BCUT2D eigenvalue weighted by Crippen LogP contribution is -2.43. The molecule has 1 aliphatic rings. The van der Waals surface area contributed by atoms with Crippen LogP contribution in [0.15, 0.2) is 55.1 Å². The number of sulfonamides is 1. The zero-order chi connectivity index (χ0) is 21.5. The minimum absolute atomic E-state index is 0.0278.